The van der Waals surface area contributed by atoms with Gasteiger partial charge in [0.15, 0.2) is 6.29 Å². The summed E-state index contributed by atoms with van der Waals surface area (Å²) in [7, 11) is 3.06. The van der Waals surface area contributed by atoms with Gasteiger partial charge in [-0.1, -0.05) is 0 Å². The minimum absolute atomic E-state index is 0.293. The molecule has 0 aromatic carbocycles. The zero-order chi connectivity index (χ0) is 8.20. The molecule has 4 heteroatoms. The molecule has 0 saturated carbocycles. The molecule has 62 valence electrons. The van der Waals surface area contributed by atoms with E-state index in [0.29, 0.717) is 5.88 Å². The van der Waals surface area contributed by atoms with Crippen LogP contribution >= 0.6 is 23.2 Å². The van der Waals surface area contributed by atoms with Crippen LogP contribution in [0.15, 0.2) is 0 Å². The molecule has 0 aliphatic rings. The largest absolute Gasteiger partial charge is 0.354 e. The van der Waals surface area contributed by atoms with Crippen molar-refractivity contribution in [2.24, 2.45) is 0 Å². The van der Waals surface area contributed by atoms with E-state index in [4.69, 9.17) is 32.7 Å². The second-order valence-corrected chi connectivity index (χ2v) is 3.35. The lowest BCUT2D eigenvalue weighted by Gasteiger charge is -2.27. The number of hydrogen-bond acceptors (Lipinski definition) is 2. The standard InChI is InChI=1S/C6H12Cl2O2/c1-6(8,4-7)5(9-2)10-3/h5H,4H2,1-3H3. The van der Waals surface area contributed by atoms with Crippen LogP contribution in [-0.4, -0.2) is 31.3 Å². The van der Waals surface area contributed by atoms with Gasteiger partial charge in [-0.05, 0) is 6.92 Å². The van der Waals surface area contributed by atoms with Crippen LogP contribution in [0.3, 0.4) is 0 Å². The first-order chi connectivity index (χ1) is 4.58. The maximum atomic E-state index is 5.90. The van der Waals surface area contributed by atoms with Crippen LogP contribution in [0.5, 0.6) is 0 Å². The zero-order valence-electron chi connectivity index (χ0n) is 6.36. The minimum Gasteiger partial charge on any atom is -0.354 e. The first kappa shape index (κ1) is 10.5. The number of halogens is 2. The first-order valence-corrected chi connectivity index (χ1v) is 3.80. The quantitative estimate of drug-likeness (QED) is 0.493. The predicted octanol–water partition coefficient (Wildman–Crippen LogP) is 1.84. The summed E-state index contributed by atoms with van der Waals surface area (Å²) in [5.41, 5.74) is 0. The van der Waals surface area contributed by atoms with Crippen molar-refractivity contribution < 1.29 is 9.47 Å². The summed E-state index contributed by atoms with van der Waals surface area (Å²) in [4.78, 5) is -0.648. The molecule has 0 amide bonds. The summed E-state index contributed by atoms with van der Waals surface area (Å²) in [6.07, 6.45) is -0.452. The molecule has 0 heterocycles. The van der Waals surface area contributed by atoms with Crippen molar-refractivity contribution in [2.75, 3.05) is 20.1 Å². The van der Waals surface area contributed by atoms with Gasteiger partial charge in [-0.15, -0.1) is 23.2 Å². The molecular formula is C6H12Cl2O2. The molecule has 0 aromatic rings. The van der Waals surface area contributed by atoms with Gasteiger partial charge in [0.1, 0.15) is 4.87 Å². The lowest BCUT2D eigenvalue weighted by Crippen LogP contribution is -2.38. The Labute approximate surface area is 71.4 Å². The van der Waals surface area contributed by atoms with Crippen molar-refractivity contribution in [1.82, 2.24) is 0 Å². The second-order valence-electron chi connectivity index (χ2n) is 2.22. The molecule has 0 saturated heterocycles. The average molecular weight is 187 g/mol. The van der Waals surface area contributed by atoms with Crippen LogP contribution in [0.2, 0.25) is 0 Å². The van der Waals surface area contributed by atoms with Crippen LogP contribution in [0.25, 0.3) is 0 Å². The molecule has 10 heavy (non-hydrogen) atoms. The fraction of sp³-hybridized carbons (Fsp3) is 1.00. The number of ether oxygens (including phenoxy) is 2. The maximum absolute atomic E-state index is 5.90. The molecule has 0 rings (SSSR count). The van der Waals surface area contributed by atoms with Gasteiger partial charge in [-0.25, -0.2) is 0 Å². The molecule has 0 spiro atoms. The average Bonchev–Trinajstić information content (AvgIpc) is 1.90. The molecule has 2 nitrogen and oxygen atoms in total. The highest BCUT2D eigenvalue weighted by Gasteiger charge is 2.31. The van der Waals surface area contributed by atoms with Gasteiger partial charge >= 0.3 is 0 Å². The molecule has 1 atom stereocenters. The number of methoxy groups -OCH3 is 2. The van der Waals surface area contributed by atoms with Crippen LogP contribution < -0.4 is 0 Å². The smallest absolute Gasteiger partial charge is 0.176 e. The zero-order valence-corrected chi connectivity index (χ0v) is 7.87. The maximum Gasteiger partial charge on any atom is 0.176 e. The Balaban J connectivity index is 3.97. The highest BCUT2D eigenvalue weighted by atomic mass is 35.5. The van der Waals surface area contributed by atoms with E-state index in [9.17, 15) is 0 Å². The van der Waals surface area contributed by atoms with Crippen molar-refractivity contribution in [1.29, 1.82) is 0 Å². The summed E-state index contributed by atoms with van der Waals surface area (Å²) < 4.78 is 9.83. The number of rotatable bonds is 4. The predicted molar refractivity (Wildman–Crippen MR) is 42.8 cm³/mol. The normalized spacial score (nSPS) is 17.4. The molecule has 0 radical (unpaired) electrons. The molecule has 0 N–H and O–H groups in total. The van der Waals surface area contributed by atoms with Crippen molar-refractivity contribution in [3.8, 4) is 0 Å². The Morgan fingerprint density at radius 1 is 1.40 bits per heavy atom. The molecular weight excluding hydrogens is 175 g/mol. The van der Waals surface area contributed by atoms with Crippen molar-refractivity contribution in [2.45, 2.75) is 18.1 Å². The third-order valence-electron chi connectivity index (χ3n) is 1.18. The topological polar surface area (TPSA) is 18.5 Å². The van der Waals surface area contributed by atoms with E-state index in [1.165, 1.54) is 14.2 Å². The molecule has 0 bridgehead atoms. The van der Waals surface area contributed by atoms with Crippen LogP contribution in [0.1, 0.15) is 6.92 Å². The fourth-order valence-corrected chi connectivity index (χ4v) is 0.955. The lowest BCUT2D eigenvalue weighted by molar-refractivity contribution is -0.119. The Morgan fingerprint density at radius 2 is 1.80 bits per heavy atom. The SMILES string of the molecule is COC(OC)C(C)(Cl)CCl. The van der Waals surface area contributed by atoms with E-state index in [0.717, 1.165) is 0 Å². The Hall–Kier alpha value is 0.500. The lowest BCUT2D eigenvalue weighted by atomic mass is 10.2. The summed E-state index contributed by atoms with van der Waals surface area (Å²) in [5, 5.41) is 0. The van der Waals surface area contributed by atoms with Crippen molar-refractivity contribution in [3.05, 3.63) is 0 Å². The first-order valence-electron chi connectivity index (χ1n) is 2.89. The highest BCUT2D eigenvalue weighted by molar-refractivity contribution is 6.30. The van der Waals surface area contributed by atoms with Crippen LogP contribution in [0, 0.1) is 0 Å². The third-order valence-corrected chi connectivity index (χ3v) is 2.18. The van der Waals surface area contributed by atoms with Gasteiger partial charge in [0.25, 0.3) is 0 Å². The van der Waals surface area contributed by atoms with E-state index < -0.39 is 11.2 Å². The van der Waals surface area contributed by atoms with Gasteiger partial charge in [-0.3, -0.25) is 0 Å². The Morgan fingerprint density at radius 3 is 1.90 bits per heavy atom. The molecule has 0 aliphatic carbocycles. The monoisotopic (exact) mass is 186 g/mol. The third kappa shape index (κ3) is 2.62. The van der Waals surface area contributed by atoms with Gasteiger partial charge in [0, 0.05) is 20.1 Å². The van der Waals surface area contributed by atoms with Crippen molar-refractivity contribution in [3.63, 3.8) is 0 Å². The number of alkyl halides is 2. The van der Waals surface area contributed by atoms with Crippen LogP contribution in [0.4, 0.5) is 0 Å². The Kier molecular flexibility index (Phi) is 4.61. The number of hydrogen-bond donors (Lipinski definition) is 0. The molecule has 1 unspecified atom stereocenters. The van der Waals surface area contributed by atoms with E-state index in [1.54, 1.807) is 6.92 Å². The molecule has 0 aliphatic heterocycles. The van der Waals surface area contributed by atoms with Gasteiger partial charge in [-0.2, -0.15) is 0 Å². The fourth-order valence-electron chi connectivity index (χ4n) is 0.651. The summed E-state index contributed by atoms with van der Waals surface area (Å²) in [6, 6.07) is 0. The Bertz CT molecular complexity index is 91.7. The van der Waals surface area contributed by atoms with E-state index in [1.807, 2.05) is 0 Å². The van der Waals surface area contributed by atoms with Gasteiger partial charge in [0.2, 0.25) is 0 Å². The second kappa shape index (κ2) is 4.39. The van der Waals surface area contributed by atoms with E-state index in [-0.39, 0.29) is 0 Å². The summed E-state index contributed by atoms with van der Waals surface area (Å²) in [5.74, 6) is 0.293. The summed E-state index contributed by atoms with van der Waals surface area (Å²) in [6.45, 7) is 1.76. The minimum atomic E-state index is -0.648. The molecule has 0 fully saturated rings. The molecule has 0 aromatic heterocycles. The van der Waals surface area contributed by atoms with Gasteiger partial charge < -0.3 is 9.47 Å². The highest BCUT2D eigenvalue weighted by Crippen LogP contribution is 2.23. The van der Waals surface area contributed by atoms with Gasteiger partial charge in [0.05, 0.1) is 0 Å². The van der Waals surface area contributed by atoms with Crippen molar-refractivity contribution >= 4 is 23.2 Å². The van der Waals surface area contributed by atoms with E-state index in [2.05, 4.69) is 0 Å². The van der Waals surface area contributed by atoms with E-state index >= 15 is 0 Å². The summed E-state index contributed by atoms with van der Waals surface area (Å²) >= 11 is 11.5. The van der Waals surface area contributed by atoms with Crippen LogP contribution in [-0.2, 0) is 9.47 Å².